The maximum absolute atomic E-state index is 12.3. The second kappa shape index (κ2) is 6.53. The lowest BCUT2D eigenvalue weighted by molar-refractivity contribution is 0.563. The minimum atomic E-state index is -3.53. The van der Waals surface area contributed by atoms with E-state index in [1.807, 2.05) is 26.0 Å². The quantitative estimate of drug-likeness (QED) is 0.777. The number of aryl methyl sites for hydroxylation is 1. The molecule has 114 valence electrons. The molecule has 8 heteroatoms. The number of hydrogen-bond acceptors (Lipinski definition) is 5. The van der Waals surface area contributed by atoms with Crippen molar-refractivity contribution in [2.45, 2.75) is 30.5 Å². The number of thiocarbonyl (C=S) groups is 1. The lowest BCUT2D eigenvalue weighted by atomic mass is 10.2. The lowest BCUT2D eigenvalue weighted by Gasteiger charge is -2.12. The third-order valence-electron chi connectivity index (χ3n) is 2.75. The Labute approximate surface area is 138 Å². The number of nitrogens with two attached hydrogens (primary N) is 1. The standard InChI is InChI=1S/C13H16N2O2S4/c1-8(7-10-4-3-9(2)19-10)15-21(16,17)12-6-5-11(20-12)13(14)18/h3-6,8,15H,7H2,1-2H3,(H2,14,18). The molecule has 0 aliphatic rings. The number of rotatable bonds is 6. The third-order valence-corrected chi connectivity index (χ3v) is 7.32. The Bertz CT molecular complexity index is 746. The molecular weight excluding hydrogens is 344 g/mol. The molecule has 0 aliphatic carbocycles. The highest BCUT2D eigenvalue weighted by Crippen LogP contribution is 2.22. The van der Waals surface area contributed by atoms with Crippen LogP contribution in [-0.4, -0.2) is 19.4 Å². The highest BCUT2D eigenvalue weighted by atomic mass is 32.2. The maximum atomic E-state index is 12.3. The Morgan fingerprint density at radius 3 is 2.57 bits per heavy atom. The van der Waals surface area contributed by atoms with Gasteiger partial charge in [-0.1, -0.05) is 12.2 Å². The van der Waals surface area contributed by atoms with Crippen LogP contribution in [0.3, 0.4) is 0 Å². The molecule has 0 aliphatic heterocycles. The summed E-state index contributed by atoms with van der Waals surface area (Å²) in [4.78, 5) is 3.20. The molecule has 0 saturated carbocycles. The third kappa shape index (κ3) is 4.33. The SMILES string of the molecule is Cc1ccc(CC(C)NS(=O)(=O)c2ccc(C(N)=S)s2)s1. The minimum absolute atomic E-state index is 0.177. The predicted molar refractivity (Wildman–Crippen MR) is 92.7 cm³/mol. The van der Waals surface area contributed by atoms with Crippen molar-refractivity contribution in [3.63, 3.8) is 0 Å². The van der Waals surface area contributed by atoms with E-state index >= 15 is 0 Å². The first kappa shape index (κ1) is 16.6. The van der Waals surface area contributed by atoms with Crippen LogP contribution in [0.1, 0.15) is 21.6 Å². The number of sulfonamides is 1. The smallest absolute Gasteiger partial charge is 0.250 e. The number of nitrogens with one attached hydrogen (secondary N) is 1. The van der Waals surface area contributed by atoms with Crippen molar-refractivity contribution in [2.75, 3.05) is 0 Å². The van der Waals surface area contributed by atoms with Crippen molar-refractivity contribution < 1.29 is 8.42 Å². The van der Waals surface area contributed by atoms with Crippen LogP contribution in [0, 0.1) is 6.92 Å². The van der Waals surface area contributed by atoms with Gasteiger partial charge in [-0.3, -0.25) is 0 Å². The van der Waals surface area contributed by atoms with Crippen molar-refractivity contribution >= 4 is 49.9 Å². The summed E-state index contributed by atoms with van der Waals surface area (Å²) < 4.78 is 27.5. The Hall–Kier alpha value is -0.800. The molecule has 1 atom stereocenters. The Balaban J connectivity index is 2.07. The second-order valence-electron chi connectivity index (χ2n) is 4.72. The van der Waals surface area contributed by atoms with Gasteiger partial charge in [0.25, 0.3) is 0 Å². The molecule has 0 saturated heterocycles. The molecule has 4 nitrogen and oxygen atoms in total. The molecule has 3 N–H and O–H groups in total. The number of hydrogen-bond donors (Lipinski definition) is 2. The average Bonchev–Trinajstić information content (AvgIpc) is 2.97. The largest absolute Gasteiger partial charge is 0.389 e. The van der Waals surface area contributed by atoms with Gasteiger partial charge in [0.15, 0.2) is 0 Å². The maximum Gasteiger partial charge on any atom is 0.250 e. The Kier molecular flexibility index (Phi) is 5.15. The van der Waals surface area contributed by atoms with Crippen LogP contribution in [0.5, 0.6) is 0 Å². The van der Waals surface area contributed by atoms with Gasteiger partial charge in [0, 0.05) is 15.8 Å². The van der Waals surface area contributed by atoms with Crippen molar-refractivity contribution in [1.29, 1.82) is 0 Å². The van der Waals surface area contributed by atoms with Crippen molar-refractivity contribution in [3.8, 4) is 0 Å². The van der Waals surface area contributed by atoms with Crippen LogP contribution < -0.4 is 10.5 Å². The highest BCUT2D eigenvalue weighted by Gasteiger charge is 2.20. The van der Waals surface area contributed by atoms with Gasteiger partial charge in [0.05, 0.1) is 4.88 Å². The summed E-state index contributed by atoms with van der Waals surface area (Å²) in [6, 6.07) is 7.05. The fourth-order valence-corrected chi connectivity index (χ4v) is 5.49. The molecule has 2 rings (SSSR count). The fourth-order valence-electron chi connectivity index (χ4n) is 1.86. The summed E-state index contributed by atoms with van der Waals surface area (Å²) in [5.74, 6) is 0. The van der Waals surface area contributed by atoms with E-state index in [-0.39, 0.29) is 15.2 Å². The zero-order valence-electron chi connectivity index (χ0n) is 11.6. The van der Waals surface area contributed by atoms with Crippen LogP contribution in [0.25, 0.3) is 0 Å². The number of thiophene rings is 2. The van der Waals surface area contributed by atoms with Crippen molar-refractivity contribution in [1.82, 2.24) is 4.72 Å². The molecule has 1 unspecified atom stereocenters. The van der Waals surface area contributed by atoms with E-state index in [1.165, 1.54) is 10.9 Å². The van der Waals surface area contributed by atoms with Gasteiger partial charge in [-0.25, -0.2) is 13.1 Å². The zero-order chi connectivity index (χ0) is 15.6. The van der Waals surface area contributed by atoms with E-state index in [0.717, 1.165) is 16.2 Å². The van der Waals surface area contributed by atoms with E-state index in [0.29, 0.717) is 11.3 Å². The van der Waals surface area contributed by atoms with Gasteiger partial charge < -0.3 is 5.73 Å². The van der Waals surface area contributed by atoms with E-state index in [2.05, 4.69) is 4.72 Å². The molecule has 2 aromatic heterocycles. The Morgan fingerprint density at radius 1 is 1.33 bits per heavy atom. The highest BCUT2D eigenvalue weighted by molar-refractivity contribution is 7.91. The van der Waals surface area contributed by atoms with Gasteiger partial charge in [-0.2, -0.15) is 0 Å². The topological polar surface area (TPSA) is 72.2 Å². The van der Waals surface area contributed by atoms with Gasteiger partial charge in [0.2, 0.25) is 10.0 Å². The summed E-state index contributed by atoms with van der Waals surface area (Å²) in [6.45, 7) is 3.89. The van der Waals surface area contributed by atoms with Gasteiger partial charge >= 0.3 is 0 Å². The summed E-state index contributed by atoms with van der Waals surface area (Å²) in [5.41, 5.74) is 5.50. The van der Waals surface area contributed by atoms with E-state index in [9.17, 15) is 8.42 Å². The molecule has 21 heavy (non-hydrogen) atoms. The van der Waals surface area contributed by atoms with Gasteiger partial charge in [-0.15, -0.1) is 22.7 Å². The molecule has 0 fully saturated rings. The lowest BCUT2D eigenvalue weighted by Crippen LogP contribution is -2.33. The molecule has 0 amide bonds. The predicted octanol–water partition coefficient (Wildman–Crippen LogP) is 2.66. The van der Waals surface area contributed by atoms with Crippen LogP contribution >= 0.6 is 34.9 Å². The average molecular weight is 361 g/mol. The van der Waals surface area contributed by atoms with E-state index < -0.39 is 10.0 Å². The summed E-state index contributed by atoms with van der Waals surface area (Å²) in [7, 11) is -3.53. The molecule has 0 bridgehead atoms. The van der Waals surface area contributed by atoms with E-state index in [4.69, 9.17) is 18.0 Å². The summed E-state index contributed by atoms with van der Waals surface area (Å²) >= 11 is 7.62. The van der Waals surface area contributed by atoms with Gasteiger partial charge in [0.1, 0.15) is 9.20 Å². The first-order chi connectivity index (χ1) is 9.78. The molecule has 2 aromatic rings. The fraction of sp³-hybridized carbons (Fsp3) is 0.308. The van der Waals surface area contributed by atoms with Crippen molar-refractivity contribution in [2.24, 2.45) is 5.73 Å². The molecule has 0 spiro atoms. The summed E-state index contributed by atoms with van der Waals surface area (Å²) in [5, 5.41) is 0. The van der Waals surface area contributed by atoms with Crippen LogP contribution in [-0.2, 0) is 16.4 Å². The molecule has 0 radical (unpaired) electrons. The normalized spacial score (nSPS) is 13.2. The van der Waals surface area contributed by atoms with Crippen LogP contribution in [0.4, 0.5) is 0 Å². The van der Waals surface area contributed by atoms with Crippen molar-refractivity contribution in [3.05, 3.63) is 38.9 Å². The Morgan fingerprint density at radius 2 is 2.05 bits per heavy atom. The van der Waals surface area contributed by atoms with Crippen LogP contribution in [0.15, 0.2) is 28.5 Å². The first-order valence-electron chi connectivity index (χ1n) is 6.25. The second-order valence-corrected chi connectivity index (χ2v) is 9.56. The monoisotopic (exact) mass is 360 g/mol. The molecule has 2 heterocycles. The first-order valence-corrected chi connectivity index (χ1v) is 9.77. The molecular formula is C13H16N2O2S4. The minimum Gasteiger partial charge on any atom is -0.389 e. The molecule has 0 aromatic carbocycles. The van der Waals surface area contributed by atoms with E-state index in [1.54, 1.807) is 17.4 Å². The zero-order valence-corrected chi connectivity index (χ0v) is 14.9. The van der Waals surface area contributed by atoms with Crippen LogP contribution in [0.2, 0.25) is 0 Å². The van der Waals surface area contributed by atoms with Gasteiger partial charge in [-0.05, 0) is 44.5 Å². The summed E-state index contributed by atoms with van der Waals surface area (Å²) in [6.07, 6.45) is 0.672.